The fourth-order valence-corrected chi connectivity index (χ4v) is 4.35. The van der Waals surface area contributed by atoms with Gasteiger partial charge in [-0.05, 0) is 56.9 Å². The van der Waals surface area contributed by atoms with Crippen LogP contribution in [0.4, 0.5) is 11.6 Å². The molecule has 0 atom stereocenters. The molecule has 2 aromatic rings. The van der Waals surface area contributed by atoms with E-state index in [4.69, 9.17) is 4.74 Å². The SMILES string of the molecule is CCOC(=O)c1ccc(N2CCCN(C(=O)c3cccnc3N3CCCCC3)CC2)nc1. The third-order valence-electron chi connectivity index (χ3n) is 6.04. The fourth-order valence-electron chi connectivity index (χ4n) is 4.35. The van der Waals surface area contributed by atoms with Crippen molar-refractivity contribution in [2.24, 2.45) is 0 Å². The van der Waals surface area contributed by atoms with E-state index in [2.05, 4.69) is 19.8 Å². The summed E-state index contributed by atoms with van der Waals surface area (Å²) in [7, 11) is 0. The van der Waals surface area contributed by atoms with Crippen LogP contribution >= 0.6 is 0 Å². The van der Waals surface area contributed by atoms with Gasteiger partial charge in [0, 0.05) is 51.7 Å². The molecular formula is C24H31N5O3. The van der Waals surface area contributed by atoms with E-state index in [9.17, 15) is 9.59 Å². The van der Waals surface area contributed by atoms with Crippen LogP contribution in [0.1, 0.15) is 53.3 Å². The van der Waals surface area contributed by atoms with E-state index in [-0.39, 0.29) is 11.9 Å². The van der Waals surface area contributed by atoms with Crippen LogP contribution < -0.4 is 9.80 Å². The van der Waals surface area contributed by atoms with Crippen molar-refractivity contribution < 1.29 is 14.3 Å². The number of esters is 1. The predicted molar refractivity (Wildman–Crippen MR) is 123 cm³/mol. The second-order valence-electron chi connectivity index (χ2n) is 8.18. The molecule has 4 rings (SSSR count). The van der Waals surface area contributed by atoms with Gasteiger partial charge in [-0.15, -0.1) is 0 Å². The summed E-state index contributed by atoms with van der Waals surface area (Å²) in [6.45, 7) is 6.85. The summed E-state index contributed by atoms with van der Waals surface area (Å²) < 4.78 is 5.02. The number of hydrogen-bond donors (Lipinski definition) is 0. The highest BCUT2D eigenvalue weighted by Gasteiger charge is 2.25. The minimum Gasteiger partial charge on any atom is -0.462 e. The van der Waals surface area contributed by atoms with E-state index in [1.54, 1.807) is 25.4 Å². The van der Waals surface area contributed by atoms with Gasteiger partial charge < -0.3 is 19.4 Å². The number of carbonyl (C=O) groups is 2. The van der Waals surface area contributed by atoms with Gasteiger partial charge in [-0.25, -0.2) is 14.8 Å². The maximum Gasteiger partial charge on any atom is 0.339 e. The van der Waals surface area contributed by atoms with Crippen molar-refractivity contribution in [3.8, 4) is 0 Å². The Kier molecular flexibility index (Phi) is 7.19. The number of carbonyl (C=O) groups excluding carboxylic acids is 2. The van der Waals surface area contributed by atoms with Gasteiger partial charge >= 0.3 is 5.97 Å². The topological polar surface area (TPSA) is 78.9 Å². The van der Waals surface area contributed by atoms with Gasteiger partial charge in [0.25, 0.3) is 5.91 Å². The first kappa shape index (κ1) is 22.0. The van der Waals surface area contributed by atoms with Crippen molar-refractivity contribution in [1.29, 1.82) is 0 Å². The second-order valence-corrected chi connectivity index (χ2v) is 8.18. The Hall–Kier alpha value is -3.16. The lowest BCUT2D eigenvalue weighted by Crippen LogP contribution is -2.37. The van der Waals surface area contributed by atoms with E-state index in [1.807, 2.05) is 23.1 Å². The number of nitrogens with zero attached hydrogens (tertiary/aromatic N) is 5. The van der Waals surface area contributed by atoms with Crippen molar-refractivity contribution in [2.45, 2.75) is 32.6 Å². The average Bonchev–Trinajstić information content (AvgIpc) is 3.11. The molecule has 2 aromatic heterocycles. The van der Waals surface area contributed by atoms with Crippen LogP contribution in [0.5, 0.6) is 0 Å². The standard InChI is InChI=1S/C24H31N5O3/c1-2-32-24(31)19-9-10-21(26-18-19)27-14-7-15-29(17-16-27)23(30)20-8-6-11-25-22(20)28-12-4-3-5-13-28/h6,8-11,18H,2-5,7,12-17H2,1H3. The van der Waals surface area contributed by atoms with Gasteiger partial charge in [0.1, 0.15) is 11.6 Å². The highest BCUT2D eigenvalue weighted by Crippen LogP contribution is 2.24. The third kappa shape index (κ3) is 5.00. The lowest BCUT2D eigenvalue weighted by molar-refractivity contribution is 0.0525. The molecule has 2 aliphatic heterocycles. The van der Waals surface area contributed by atoms with Gasteiger partial charge in [-0.2, -0.15) is 0 Å². The largest absolute Gasteiger partial charge is 0.462 e. The highest BCUT2D eigenvalue weighted by molar-refractivity contribution is 5.99. The molecule has 2 saturated heterocycles. The van der Waals surface area contributed by atoms with Crippen molar-refractivity contribution in [3.63, 3.8) is 0 Å². The van der Waals surface area contributed by atoms with E-state index < -0.39 is 0 Å². The first-order valence-electron chi connectivity index (χ1n) is 11.5. The quantitative estimate of drug-likeness (QED) is 0.666. The van der Waals surface area contributed by atoms with Crippen LogP contribution in [0.25, 0.3) is 0 Å². The molecule has 0 aromatic carbocycles. The van der Waals surface area contributed by atoms with E-state index in [0.717, 1.165) is 50.5 Å². The summed E-state index contributed by atoms with van der Waals surface area (Å²) in [5.74, 6) is 1.31. The van der Waals surface area contributed by atoms with Crippen LogP contribution in [-0.2, 0) is 4.74 Å². The number of aromatic nitrogens is 2. The normalized spacial score (nSPS) is 17.1. The Morgan fingerprint density at radius 3 is 2.47 bits per heavy atom. The molecule has 0 saturated carbocycles. The molecule has 8 heteroatoms. The fraction of sp³-hybridized carbons (Fsp3) is 0.500. The lowest BCUT2D eigenvalue weighted by atomic mass is 10.1. The summed E-state index contributed by atoms with van der Waals surface area (Å²) in [6.07, 6.45) is 7.71. The van der Waals surface area contributed by atoms with Crippen LogP contribution in [0.3, 0.4) is 0 Å². The van der Waals surface area contributed by atoms with E-state index in [1.165, 1.54) is 6.42 Å². The van der Waals surface area contributed by atoms with Crippen LogP contribution in [0, 0.1) is 0 Å². The Labute approximate surface area is 189 Å². The molecule has 2 aliphatic rings. The molecular weight excluding hydrogens is 406 g/mol. The van der Waals surface area contributed by atoms with Gasteiger partial charge in [-0.1, -0.05) is 0 Å². The Bertz CT molecular complexity index is 927. The first-order chi connectivity index (χ1) is 15.7. The monoisotopic (exact) mass is 437 g/mol. The summed E-state index contributed by atoms with van der Waals surface area (Å²) in [5.41, 5.74) is 1.14. The van der Waals surface area contributed by atoms with Crippen molar-refractivity contribution in [3.05, 3.63) is 47.8 Å². The molecule has 0 aliphatic carbocycles. The van der Waals surface area contributed by atoms with E-state index in [0.29, 0.717) is 37.4 Å². The third-order valence-corrected chi connectivity index (χ3v) is 6.04. The molecule has 1 amide bonds. The predicted octanol–water partition coefficient (Wildman–Crippen LogP) is 3.00. The van der Waals surface area contributed by atoms with E-state index >= 15 is 0 Å². The number of anilines is 2. The molecule has 4 heterocycles. The summed E-state index contributed by atoms with van der Waals surface area (Å²) >= 11 is 0. The zero-order valence-electron chi connectivity index (χ0n) is 18.7. The van der Waals surface area contributed by atoms with Gasteiger partial charge in [-0.3, -0.25) is 4.79 Å². The molecule has 0 unspecified atom stereocenters. The molecule has 170 valence electrons. The van der Waals surface area contributed by atoms with Crippen molar-refractivity contribution in [1.82, 2.24) is 14.9 Å². The summed E-state index contributed by atoms with van der Waals surface area (Å²) in [4.78, 5) is 40.6. The number of amides is 1. The van der Waals surface area contributed by atoms with Gasteiger partial charge in [0.05, 0.1) is 17.7 Å². The first-order valence-corrected chi connectivity index (χ1v) is 11.5. The number of ether oxygens (including phenoxy) is 1. The molecule has 2 fully saturated rings. The zero-order valence-corrected chi connectivity index (χ0v) is 18.7. The number of rotatable bonds is 5. The maximum atomic E-state index is 13.4. The van der Waals surface area contributed by atoms with Crippen LogP contribution in [-0.4, -0.2) is 72.6 Å². The van der Waals surface area contributed by atoms with Crippen LogP contribution in [0.2, 0.25) is 0 Å². The smallest absolute Gasteiger partial charge is 0.339 e. The molecule has 0 radical (unpaired) electrons. The van der Waals surface area contributed by atoms with Gasteiger partial charge in [0.15, 0.2) is 0 Å². The van der Waals surface area contributed by atoms with Crippen molar-refractivity contribution >= 4 is 23.5 Å². The number of hydrogen-bond acceptors (Lipinski definition) is 7. The molecule has 32 heavy (non-hydrogen) atoms. The summed E-state index contributed by atoms with van der Waals surface area (Å²) in [6, 6.07) is 7.34. The van der Waals surface area contributed by atoms with Crippen LogP contribution in [0.15, 0.2) is 36.7 Å². The summed E-state index contributed by atoms with van der Waals surface area (Å²) in [5, 5.41) is 0. The zero-order chi connectivity index (χ0) is 22.3. The second kappa shape index (κ2) is 10.4. The minimum absolute atomic E-state index is 0.0474. The number of piperidine rings is 1. The Morgan fingerprint density at radius 2 is 1.72 bits per heavy atom. The maximum absolute atomic E-state index is 13.4. The highest BCUT2D eigenvalue weighted by atomic mass is 16.5. The molecule has 0 bridgehead atoms. The molecule has 0 N–H and O–H groups in total. The molecule has 8 nitrogen and oxygen atoms in total. The van der Waals surface area contributed by atoms with Gasteiger partial charge in [0.2, 0.25) is 0 Å². The number of pyridine rings is 2. The lowest BCUT2D eigenvalue weighted by Gasteiger charge is -2.30. The average molecular weight is 438 g/mol. The van der Waals surface area contributed by atoms with Crippen molar-refractivity contribution in [2.75, 3.05) is 55.7 Å². The minimum atomic E-state index is -0.361. The Balaban J connectivity index is 1.42. The molecule has 0 spiro atoms. The Morgan fingerprint density at radius 1 is 0.906 bits per heavy atom.